The van der Waals surface area contributed by atoms with Gasteiger partial charge >= 0.3 is 0 Å². The van der Waals surface area contributed by atoms with Crippen molar-refractivity contribution in [1.82, 2.24) is 25.5 Å². The molecule has 0 bridgehead atoms. The highest BCUT2D eigenvalue weighted by Gasteiger charge is 2.32. The Bertz CT molecular complexity index is 1160. The molecule has 2 amide bonds. The Labute approximate surface area is 176 Å². The SMILES string of the molecule is Cc1nc(C)c(-c2cnc3c(c2)C(=O)N(c2ccc(N4CCNCC4=O)nn2)C3)s1. The summed E-state index contributed by atoms with van der Waals surface area (Å²) in [5, 5.41) is 12.4. The van der Waals surface area contributed by atoms with Gasteiger partial charge in [0.1, 0.15) is 0 Å². The minimum atomic E-state index is -0.154. The molecule has 0 radical (unpaired) electrons. The molecule has 2 aliphatic heterocycles. The number of carbonyl (C=O) groups is 2. The van der Waals surface area contributed by atoms with Crippen LogP contribution < -0.4 is 15.1 Å². The van der Waals surface area contributed by atoms with Gasteiger partial charge in [0.05, 0.1) is 39.9 Å². The van der Waals surface area contributed by atoms with E-state index in [1.165, 1.54) is 0 Å². The minimum absolute atomic E-state index is 0.0433. The highest BCUT2D eigenvalue weighted by Crippen LogP contribution is 2.33. The highest BCUT2D eigenvalue weighted by atomic mass is 32.1. The summed E-state index contributed by atoms with van der Waals surface area (Å²) in [4.78, 5) is 38.2. The normalized spacial score (nSPS) is 16.3. The number of aromatic nitrogens is 4. The maximum atomic E-state index is 13.0. The fraction of sp³-hybridized carbons (Fsp3) is 0.300. The topological polar surface area (TPSA) is 104 Å². The first-order valence-electron chi connectivity index (χ1n) is 9.61. The van der Waals surface area contributed by atoms with Gasteiger partial charge in [0.15, 0.2) is 11.6 Å². The van der Waals surface area contributed by atoms with E-state index in [9.17, 15) is 9.59 Å². The lowest BCUT2D eigenvalue weighted by atomic mass is 10.1. The molecule has 3 aromatic rings. The second kappa shape index (κ2) is 7.22. The Hall–Kier alpha value is -3.24. The summed E-state index contributed by atoms with van der Waals surface area (Å²) in [5.41, 5.74) is 3.11. The van der Waals surface area contributed by atoms with Gasteiger partial charge in [-0.15, -0.1) is 21.5 Å². The van der Waals surface area contributed by atoms with Crippen molar-refractivity contribution < 1.29 is 9.59 Å². The Morgan fingerprint density at radius 2 is 1.87 bits per heavy atom. The number of piperazine rings is 1. The van der Waals surface area contributed by atoms with Crippen LogP contribution in [0.25, 0.3) is 10.4 Å². The molecule has 1 N–H and O–H groups in total. The molecule has 3 aromatic heterocycles. The van der Waals surface area contributed by atoms with Crippen LogP contribution in [-0.2, 0) is 11.3 Å². The number of thiazole rings is 1. The number of anilines is 2. The van der Waals surface area contributed by atoms with Crippen LogP contribution in [0.5, 0.6) is 0 Å². The average Bonchev–Trinajstić information content (AvgIpc) is 3.26. The molecule has 9 nitrogen and oxygen atoms in total. The van der Waals surface area contributed by atoms with Crippen LogP contribution in [-0.4, -0.2) is 51.6 Å². The molecule has 0 spiro atoms. The molecule has 5 rings (SSSR count). The van der Waals surface area contributed by atoms with Crippen molar-refractivity contribution in [1.29, 1.82) is 0 Å². The van der Waals surface area contributed by atoms with E-state index in [0.717, 1.165) is 21.1 Å². The van der Waals surface area contributed by atoms with Crippen LogP contribution in [0.1, 0.15) is 26.8 Å². The summed E-state index contributed by atoms with van der Waals surface area (Å²) in [7, 11) is 0. The molecule has 0 aromatic carbocycles. The first-order chi connectivity index (χ1) is 14.5. The third kappa shape index (κ3) is 3.14. The average molecular weight is 421 g/mol. The molecule has 5 heterocycles. The predicted octanol–water partition coefficient (Wildman–Crippen LogP) is 1.71. The molecule has 1 saturated heterocycles. The van der Waals surface area contributed by atoms with Crippen LogP contribution in [0.4, 0.5) is 11.6 Å². The zero-order chi connectivity index (χ0) is 20.8. The zero-order valence-corrected chi connectivity index (χ0v) is 17.4. The summed E-state index contributed by atoms with van der Waals surface area (Å²) >= 11 is 1.59. The quantitative estimate of drug-likeness (QED) is 0.686. The summed E-state index contributed by atoms with van der Waals surface area (Å²) in [6.07, 6.45) is 1.79. The van der Waals surface area contributed by atoms with Gasteiger partial charge in [-0.05, 0) is 32.0 Å². The molecular weight excluding hydrogens is 402 g/mol. The Kier molecular flexibility index (Phi) is 4.52. The summed E-state index contributed by atoms with van der Waals surface area (Å²) in [5.74, 6) is 0.735. The molecule has 0 saturated carbocycles. The van der Waals surface area contributed by atoms with Crippen LogP contribution in [0.2, 0.25) is 0 Å². The molecule has 0 aliphatic carbocycles. The lowest BCUT2D eigenvalue weighted by Gasteiger charge is -2.26. The maximum absolute atomic E-state index is 13.0. The molecule has 0 atom stereocenters. The van der Waals surface area contributed by atoms with Crippen LogP contribution in [0.15, 0.2) is 24.4 Å². The van der Waals surface area contributed by atoms with Crippen molar-refractivity contribution in [2.45, 2.75) is 20.4 Å². The summed E-state index contributed by atoms with van der Waals surface area (Å²) in [6, 6.07) is 5.33. The zero-order valence-electron chi connectivity index (χ0n) is 16.5. The maximum Gasteiger partial charge on any atom is 0.261 e. The van der Waals surface area contributed by atoms with Gasteiger partial charge in [0, 0.05) is 24.8 Å². The summed E-state index contributed by atoms with van der Waals surface area (Å²) < 4.78 is 0. The van der Waals surface area contributed by atoms with E-state index in [1.807, 2.05) is 19.9 Å². The number of carbonyl (C=O) groups excluding carboxylic acids is 2. The number of pyridine rings is 1. The number of hydrogen-bond acceptors (Lipinski definition) is 8. The van der Waals surface area contributed by atoms with E-state index < -0.39 is 0 Å². The predicted molar refractivity (Wildman–Crippen MR) is 113 cm³/mol. The first-order valence-corrected chi connectivity index (χ1v) is 10.4. The monoisotopic (exact) mass is 421 g/mol. The molecule has 2 aliphatic rings. The molecule has 10 heteroatoms. The number of rotatable bonds is 3. The van der Waals surface area contributed by atoms with Crippen LogP contribution >= 0.6 is 11.3 Å². The van der Waals surface area contributed by atoms with Crippen molar-refractivity contribution >= 4 is 34.8 Å². The molecular formula is C20H19N7O2S. The van der Waals surface area contributed by atoms with Crippen molar-refractivity contribution in [3.63, 3.8) is 0 Å². The first kappa shape index (κ1) is 18.8. The van der Waals surface area contributed by atoms with Gasteiger partial charge in [-0.25, -0.2) is 4.98 Å². The number of aryl methyl sites for hydroxylation is 2. The molecule has 152 valence electrons. The van der Waals surface area contributed by atoms with E-state index in [0.29, 0.717) is 42.5 Å². The largest absolute Gasteiger partial charge is 0.307 e. The van der Waals surface area contributed by atoms with Gasteiger partial charge in [0.25, 0.3) is 5.91 Å². The molecule has 1 fully saturated rings. The third-order valence-electron chi connectivity index (χ3n) is 5.20. The van der Waals surface area contributed by atoms with Gasteiger partial charge in [-0.2, -0.15) is 0 Å². The highest BCUT2D eigenvalue weighted by molar-refractivity contribution is 7.15. The summed E-state index contributed by atoms with van der Waals surface area (Å²) in [6.45, 7) is 5.81. The van der Waals surface area contributed by atoms with Gasteiger partial charge in [-0.3, -0.25) is 24.4 Å². The van der Waals surface area contributed by atoms with E-state index in [-0.39, 0.29) is 18.4 Å². The van der Waals surface area contributed by atoms with Crippen molar-refractivity contribution in [3.05, 3.63) is 46.4 Å². The van der Waals surface area contributed by atoms with Crippen molar-refractivity contribution in [2.75, 3.05) is 29.4 Å². The van der Waals surface area contributed by atoms with Gasteiger partial charge < -0.3 is 5.32 Å². The number of amides is 2. The minimum Gasteiger partial charge on any atom is -0.307 e. The Morgan fingerprint density at radius 1 is 1.10 bits per heavy atom. The van der Waals surface area contributed by atoms with E-state index in [1.54, 1.807) is 39.5 Å². The van der Waals surface area contributed by atoms with Gasteiger partial charge in [0.2, 0.25) is 5.91 Å². The Morgan fingerprint density at radius 3 is 2.53 bits per heavy atom. The van der Waals surface area contributed by atoms with E-state index in [4.69, 9.17) is 0 Å². The smallest absolute Gasteiger partial charge is 0.261 e. The van der Waals surface area contributed by atoms with E-state index >= 15 is 0 Å². The lowest BCUT2D eigenvalue weighted by Crippen LogP contribution is -2.48. The molecule has 0 unspecified atom stereocenters. The lowest BCUT2D eigenvalue weighted by molar-refractivity contribution is -0.118. The van der Waals surface area contributed by atoms with E-state index in [2.05, 4.69) is 25.5 Å². The van der Waals surface area contributed by atoms with Gasteiger partial charge in [-0.1, -0.05) is 0 Å². The third-order valence-corrected chi connectivity index (χ3v) is 6.32. The number of nitrogens with one attached hydrogen (secondary N) is 1. The van der Waals surface area contributed by atoms with Crippen LogP contribution in [0, 0.1) is 13.8 Å². The van der Waals surface area contributed by atoms with Crippen molar-refractivity contribution in [3.8, 4) is 10.4 Å². The van der Waals surface area contributed by atoms with Crippen molar-refractivity contribution in [2.24, 2.45) is 0 Å². The fourth-order valence-corrected chi connectivity index (χ4v) is 4.64. The number of hydrogen-bond donors (Lipinski definition) is 1. The second-order valence-electron chi connectivity index (χ2n) is 7.23. The van der Waals surface area contributed by atoms with Crippen LogP contribution in [0.3, 0.4) is 0 Å². The number of nitrogens with zero attached hydrogens (tertiary/aromatic N) is 6. The standard InChI is InChI=1S/C20H19N7O2S/c1-11-19(30-12(2)23-11)13-7-14-15(22-8-13)10-27(20(14)29)17-4-3-16(24-25-17)26-6-5-21-9-18(26)28/h3-4,7-8,21H,5-6,9-10H2,1-2H3. The molecule has 30 heavy (non-hydrogen) atoms. The second-order valence-corrected chi connectivity index (χ2v) is 8.43. The fourth-order valence-electron chi connectivity index (χ4n) is 3.73. The number of fused-ring (bicyclic) bond motifs is 1. The Balaban J connectivity index is 1.40.